The van der Waals surface area contributed by atoms with Crippen LogP contribution in [0.5, 0.6) is 0 Å². The van der Waals surface area contributed by atoms with Crippen molar-refractivity contribution in [3.8, 4) is 11.6 Å². The van der Waals surface area contributed by atoms with Crippen molar-refractivity contribution in [2.75, 3.05) is 5.73 Å². The van der Waals surface area contributed by atoms with E-state index in [1.54, 1.807) is 18.3 Å². The lowest BCUT2D eigenvalue weighted by molar-refractivity contribution is 0.401. The van der Waals surface area contributed by atoms with Gasteiger partial charge in [0.2, 0.25) is 0 Å². The van der Waals surface area contributed by atoms with Gasteiger partial charge in [-0.2, -0.15) is 4.98 Å². The maximum atomic E-state index is 5.55. The van der Waals surface area contributed by atoms with Crippen LogP contribution in [0.3, 0.4) is 0 Å². The molecule has 0 saturated carbocycles. The molecule has 0 aliphatic carbocycles. The molecule has 0 bridgehead atoms. The lowest BCUT2D eigenvalue weighted by Gasteiger charge is -2.10. The molecule has 16 heavy (non-hydrogen) atoms. The highest BCUT2D eigenvalue weighted by Gasteiger charge is 2.21. The fraction of sp³-hybridized carbons (Fsp3) is 0.364. The summed E-state index contributed by atoms with van der Waals surface area (Å²) in [4.78, 5) is 8.42. The average molecular weight is 218 g/mol. The van der Waals surface area contributed by atoms with Gasteiger partial charge < -0.3 is 10.3 Å². The molecular weight excluding hydrogens is 204 g/mol. The van der Waals surface area contributed by atoms with Crippen molar-refractivity contribution in [1.82, 2.24) is 15.1 Å². The zero-order valence-corrected chi connectivity index (χ0v) is 9.56. The summed E-state index contributed by atoms with van der Waals surface area (Å²) in [7, 11) is 0. The van der Waals surface area contributed by atoms with E-state index in [9.17, 15) is 0 Å². The Labute approximate surface area is 93.7 Å². The molecule has 2 rings (SSSR count). The second-order valence-electron chi connectivity index (χ2n) is 4.65. The van der Waals surface area contributed by atoms with Gasteiger partial charge in [-0.25, -0.2) is 4.98 Å². The number of hydrogen-bond acceptors (Lipinski definition) is 5. The average Bonchev–Trinajstić information content (AvgIpc) is 2.67. The Morgan fingerprint density at radius 3 is 2.50 bits per heavy atom. The van der Waals surface area contributed by atoms with Crippen LogP contribution in [0.4, 0.5) is 5.69 Å². The first-order chi connectivity index (χ1) is 7.47. The van der Waals surface area contributed by atoms with E-state index in [0.717, 1.165) is 0 Å². The molecule has 0 aliphatic heterocycles. The Balaban J connectivity index is 2.35. The minimum absolute atomic E-state index is 0.129. The Hall–Kier alpha value is -1.91. The van der Waals surface area contributed by atoms with Crippen LogP contribution in [0.25, 0.3) is 11.6 Å². The van der Waals surface area contributed by atoms with Gasteiger partial charge in [0.15, 0.2) is 5.82 Å². The molecule has 0 fully saturated rings. The van der Waals surface area contributed by atoms with Crippen molar-refractivity contribution >= 4 is 5.69 Å². The van der Waals surface area contributed by atoms with E-state index in [-0.39, 0.29) is 5.41 Å². The Kier molecular flexibility index (Phi) is 2.38. The summed E-state index contributed by atoms with van der Waals surface area (Å²) < 4.78 is 5.15. The summed E-state index contributed by atoms with van der Waals surface area (Å²) >= 11 is 0. The van der Waals surface area contributed by atoms with Gasteiger partial charge in [-0.1, -0.05) is 25.9 Å². The highest BCUT2D eigenvalue weighted by molar-refractivity contribution is 5.50. The number of nitrogen functional groups attached to an aromatic ring is 1. The van der Waals surface area contributed by atoms with Crippen LogP contribution >= 0.6 is 0 Å². The minimum Gasteiger partial charge on any atom is -0.397 e. The molecule has 0 unspecified atom stereocenters. The van der Waals surface area contributed by atoms with Crippen LogP contribution in [0.15, 0.2) is 22.9 Å². The van der Waals surface area contributed by atoms with Crippen LogP contribution in [0.1, 0.15) is 26.6 Å². The van der Waals surface area contributed by atoms with Gasteiger partial charge in [-0.3, -0.25) is 0 Å². The van der Waals surface area contributed by atoms with Gasteiger partial charge in [-0.05, 0) is 12.1 Å². The minimum atomic E-state index is -0.129. The van der Waals surface area contributed by atoms with E-state index in [4.69, 9.17) is 10.3 Å². The highest BCUT2D eigenvalue weighted by atomic mass is 16.5. The molecule has 2 heterocycles. The van der Waals surface area contributed by atoms with Gasteiger partial charge in [0.05, 0.1) is 11.9 Å². The third-order valence-electron chi connectivity index (χ3n) is 2.10. The number of nitrogens with two attached hydrogens (primary N) is 1. The quantitative estimate of drug-likeness (QED) is 0.792. The monoisotopic (exact) mass is 218 g/mol. The van der Waals surface area contributed by atoms with Crippen molar-refractivity contribution < 1.29 is 4.52 Å². The van der Waals surface area contributed by atoms with Gasteiger partial charge in [0.1, 0.15) is 5.69 Å². The molecule has 0 aliphatic rings. The molecule has 2 aromatic heterocycles. The van der Waals surface area contributed by atoms with Gasteiger partial charge in [0.25, 0.3) is 5.89 Å². The van der Waals surface area contributed by atoms with E-state index in [1.165, 1.54) is 0 Å². The van der Waals surface area contributed by atoms with Crippen molar-refractivity contribution in [3.05, 3.63) is 24.2 Å². The summed E-state index contributed by atoms with van der Waals surface area (Å²) in [6.45, 7) is 6.08. The molecule has 0 amide bonds. The first-order valence-electron chi connectivity index (χ1n) is 5.03. The number of hydrogen-bond donors (Lipinski definition) is 1. The molecule has 5 heteroatoms. The van der Waals surface area contributed by atoms with E-state index in [0.29, 0.717) is 23.1 Å². The van der Waals surface area contributed by atoms with Crippen LogP contribution in [0, 0.1) is 0 Å². The Bertz CT molecular complexity index is 481. The van der Waals surface area contributed by atoms with E-state index in [2.05, 4.69) is 15.1 Å². The van der Waals surface area contributed by atoms with Crippen molar-refractivity contribution in [1.29, 1.82) is 0 Å². The fourth-order valence-electron chi connectivity index (χ4n) is 1.16. The zero-order chi connectivity index (χ0) is 11.8. The topological polar surface area (TPSA) is 77.8 Å². The molecule has 0 saturated heterocycles. The molecule has 2 aromatic rings. The second-order valence-corrected chi connectivity index (χ2v) is 4.65. The SMILES string of the molecule is CC(C)(C)c1noc(-c2ccc(N)cn2)n1. The zero-order valence-electron chi connectivity index (χ0n) is 9.56. The first-order valence-corrected chi connectivity index (χ1v) is 5.03. The number of anilines is 1. The summed E-state index contributed by atoms with van der Waals surface area (Å²) in [6.07, 6.45) is 1.57. The third kappa shape index (κ3) is 2.03. The summed E-state index contributed by atoms with van der Waals surface area (Å²) in [5.74, 6) is 1.09. The molecule has 84 valence electrons. The predicted molar refractivity (Wildman–Crippen MR) is 60.6 cm³/mol. The first kappa shape index (κ1) is 10.6. The van der Waals surface area contributed by atoms with Gasteiger partial charge in [0, 0.05) is 5.41 Å². The van der Waals surface area contributed by atoms with Crippen molar-refractivity contribution in [2.24, 2.45) is 0 Å². The predicted octanol–water partition coefficient (Wildman–Crippen LogP) is 2.01. The summed E-state index contributed by atoms with van der Waals surface area (Å²) in [5.41, 5.74) is 6.67. The van der Waals surface area contributed by atoms with Crippen molar-refractivity contribution in [3.63, 3.8) is 0 Å². The Morgan fingerprint density at radius 2 is 2.00 bits per heavy atom. The number of pyridine rings is 1. The molecular formula is C11H14N4O. The number of rotatable bonds is 1. The maximum Gasteiger partial charge on any atom is 0.276 e. The second kappa shape index (κ2) is 3.59. The molecule has 0 atom stereocenters. The van der Waals surface area contributed by atoms with Gasteiger partial charge >= 0.3 is 0 Å². The fourth-order valence-corrected chi connectivity index (χ4v) is 1.16. The highest BCUT2D eigenvalue weighted by Crippen LogP contribution is 2.22. The lowest BCUT2D eigenvalue weighted by Crippen LogP contribution is -2.13. The lowest BCUT2D eigenvalue weighted by atomic mass is 9.96. The molecule has 0 aromatic carbocycles. The molecule has 0 spiro atoms. The van der Waals surface area contributed by atoms with Crippen molar-refractivity contribution in [2.45, 2.75) is 26.2 Å². The van der Waals surface area contributed by atoms with Crippen LogP contribution < -0.4 is 5.73 Å². The third-order valence-corrected chi connectivity index (χ3v) is 2.10. The summed E-state index contributed by atoms with van der Waals surface area (Å²) in [5, 5.41) is 3.93. The molecule has 0 radical (unpaired) electrons. The largest absolute Gasteiger partial charge is 0.397 e. The molecule has 5 nitrogen and oxygen atoms in total. The van der Waals surface area contributed by atoms with E-state index < -0.39 is 0 Å². The normalized spacial score (nSPS) is 11.7. The number of nitrogens with zero attached hydrogens (tertiary/aromatic N) is 3. The number of aromatic nitrogens is 3. The van der Waals surface area contributed by atoms with Crippen LogP contribution in [0.2, 0.25) is 0 Å². The maximum absolute atomic E-state index is 5.55. The molecule has 2 N–H and O–H groups in total. The Morgan fingerprint density at radius 1 is 1.25 bits per heavy atom. The van der Waals surface area contributed by atoms with E-state index in [1.807, 2.05) is 20.8 Å². The van der Waals surface area contributed by atoms with Gasteiger partial charge in [-0.15, -0.1) is 0 Å². The summed E-state index contributed by atoms with van der Waals surface area (Å²) in [6, 6.07) is 3.51. The van der Waals surface area contributed by atoms with E-state index >= 15 is 0 Å². The smallest absolute Gasteiger partial charge is 0.276 e. The standard InChI is InChI=1S/C11H14N4O/c1-11(2,3)10-14-9(16-15-10)8-5-4-7(12)6-13-8/h4-6H,12H2,1-3H3. The van der Waals surface area contributed by atoms with Crippen LogP contribution in [-0.4, -0.2) is 15.1 Å². The van der Waals surface area contributed by atoms with Crippen LogP contribution in [-0.2, 0) is 5.41 Å².